The molecule has 0 unspecified atom stereocenters. The Labute approximate surface area is 97.9 Å². The largest absolute Gasteiger partial charge is 0.351 e. The van der Waals surface area contributed by atoms with E-state index >= 15 is 0 Å². The molecule has 1 atom stereocenters. The third kappa shape index (κ3) is 4.61. The maximum Gasteiger partial charge on any atom is 0.233 e. The summed E-state index contributed by atoms with van der Waals surface area (Å²) >= 11 is 2.88. The summed E-state index contributed by atoms with van der Waals surface area (Å²) in [5.41, 5.74) is 1.48. The van der Waals surface area contributed by atoms with E-state index in [-0.39, 0.29) is 16.7 Å². The Morgan fingerprint density at radius 2 is 2.27 bits per heavy atom. The van der Waals surface area contributed by atoms with E-state index < -0.39 is 0 Å². The highest BCUT2D eigenvalue weighted by molar-refractivity contribution is 8.02. The first-order chi connectivity index (χ1) is 6.88. The van der Waals surface area contributed by atoms with Gasteiger partial charge in [0.25, 0.3) is 0 Å². The molecule has 1 rings (SSSR count). The van der Waals surface area contributed by atoms with Crippen molar-refractivity contribution in [2.45, 2.75) is 42.8 Å². The van der Waals surface area contributed by atoms with E-state index in [2.05, 4.69) is 15.5 Å². The molecule has 0 fully saturated rings. The third-order valence-corrected chi connectivity index (χ3v) is 3.40. The maximum atomic E-state index is 11.7. The highest BCUT2D eigenvalue weighted by Crippen LogP contribution is 2.24. The monoisotopic (exact) mass is 245 g/mol. The Kier molecular flexibility index (Phi) is 4.10. The lowest BCUT2D eigenvalue weighted by molar-refractivity contribution is -0.121. The van der Waals surface area contributed by atoms with Crippen molar-refractivity contribution in [3.05, 3.63) is 5.51 Å². The smallest absolute Gasteiger partial charge is 0.233 e. The van der Waals surface area contributed by atoms with Crippen LogP contribution in [0.4, 0.5) is 0 Å². The number of nitrogens with zero attached hydrogens (tertiary/aromatic N) is 2. The molecule has 0 aliphatic heterocycles. The number of thioether (sulfide) groups is 1. The molecule has 0 aromatic carbocycles. The molecule has 0 aliphatic carbocycles. The summed E-state index contributed by atoms with van der Waals surface area (Å²) in [5.74, 6) is 0.0303. The average molecular weight is 245 g/mol. The van der Waals surface area contributed by atoms with Crippen LogP contribution in [-0.4, -0.2) is 26.9 Å². The van der Waals surface area contributed by atoms with E-state index in [4.69, 9.17) is 0 Å². The van der Waals surface area contributed by atoms with Gasteiger partial charge in [-0.25, -0.2) is 0 Å². The second kappa shape index (κ2) is 4.94. The lowest BCUT2D eigenvalue weighted by Crippen LogP contribution is -2.44. The predicted molar refractivity (Wildman–Crippen MR) is 63.1 cm³/mol. The van der Waals surface area contributed by atoms with E-state index in [0.29, 0.717) is 0 Å². The molecule has 0 radical (unpaired) electrons. The van der Waals surface area contributed by atoms with Gasteiger partial charge in [-0.1, -0.05) is 23.1 Å². The number of amides is 1. The summed E-state index contributed by atoms with van der Waals surface area (Å²) in [7, 11) is 0. The minimum absolute atomic E-state index is 0.0303. The van der Waals surface area contributed by atoms with Gasteiger partial charge in [0.1, 0.15) is 5.51 Å². The van der Waals surface area contributed by atoms with Gasteiger partial charge in [-0.3, -0.25) is 4.79 Å². The summed E-state index contributed by atoms with van der Waals surface area (Å²) < 4.78 is 0.826. The minimum atomic E-state index is -0.187. The van der Waals surface area contributed by atoms with Crippen LogP contribution in [0.25, 0.3) is 0 Å². The number of carbonyl (C=O) groups is 1. The molecule has 6 heteroatoms. The molecule has 1 amide bonds. The van der Waals surface area contributed by atoms with Gasteiger partial charge in [0.05, 0.1) is 5.25 Å². The van der Waals surface area contributed by atoms with Gasteiger partial charge in [0.15, 0.2) is 4.34 Å². The Balaban J connectivity index is 2.47. The van der Waals surface area contributed by atoms with Crippen molar-refractivity contribution in [3.63, 3.8) is 0 Å². The molecule has 1 aromatic heterocycles. The van der Waals surface area contributed by atoms with Crippen LogP contribution in [0.15, 0.2) is 9.85 Å². The van der Waals surface area contributed by atoms with Crippen LogP contribution in [0.2, 0.25) is 0 Å². The highest BCUT2D eigenvalue weighted by Gasteiger charge is 2.20. The molecule has 4 nitrogen and oxygen atoms in total. The second-order valence-electron chi connectivity index (χ2n) is 4.20. The van der Waals surface area contributed by atoms with E-state index in [1.807, 2.05) is 27.7 Å². The molecule has 0 aliphatic rings. The molecule has 84 valence electrons. The summed E-state index contributed by atoms with van der Waals surface area (Å²) in [6.07, 6.45) is 0. The summed E-state index contributed by atoms with van der Waals surface area (Å²) in [4.78, 5) is 11.7. The van der Waals surface area contributed by atoms with Gasteiger partial charge in [-0.05, 0) is 27.7 Å². The zero-order valence-corrected chi connectivity index (χ0v) is 10.9. The molecule has 1 heterocycles. The predicted octanol–water partition coefficient (Wildman–Crippen LogP) is 1.93. The Morgan fingerprint density at radius 1 is 1.60 bits per heavy atom. The molecule has 0 spiro atoms. The zero-order valence-electron chi connectivity index (χ0n) is 9.27. The van der Waals surface area contributed by atoms with E-state index in [1.54, 1.807) is 5.51 Å². The van der Waals surface area contributed by atoms with Crippen LogP contribution in [0.1, 0.15) is 27.7 Å². The Hall–Kier alpha value is -0.620. The molecule has 0 saturated carbocycles. The minimum Gasteiger partial charge on any atom is -0.351 e. The van der Waals surface area contributed by atoms with Crippen LogP contribution < -0.4 is 5.32 Å². The SMILES string of the molecule is C[C@@H](Sc1nncs1)C(=O)NC(C)(C)C. The Morgan fingerprint density at radius 3 is 2.73 bits per heavy atom. The van der Waals surface area contributed by atoms with E-state index in [0.717, 1.165) is 4.34 Å². The van der Waals surface area contributed by atoms with Crippen LogP contribution in [0.5, 0.6) is 0 Å². The van der Waals surface area contributed by atoms with Crippen molar-refractivity contribution in [3.8, 4) is 0 Å². The van der Waals surface area contributed by atoms with Crippen LogP contribution in [-0.2, 0) is 4.79 Å². The normalized spacial score (nSPS) is 13.6. The van der Waals surface area contributed by atoms with Gasteiger partial charge in [0, 0.05) is 5.54 Å². The van der Waals surface area contributed by atoms with Crippen molar-refractivity contribution >= 4 is 29.0 Å². The van der Waals surface area contributed by atoms with Crippen molar-refractivity contribution in [1.82, 2.24) is 15.5 Å². The van der Waals surface area contributed by atoms with Gasteiger partial charge in [0.2, 0.25) is 5.91 Å². The summed E-state index contributed by atoms with van der Waals surface area (Å²) in [5, 5.41) is 10.4. The van der Waals surface area contributed by atoms with Gasteiger partial charge in [-0.15, -0.1) is 10.2 Å². The third-order valence-electron chi connectivity index (χ3n) is 1.49. The maximum absolute atomic E-state index is 11.7. The number of nitrogens with one attached hydrogen (secondary N) is 1. The highest BCUT2D eigenvalue weighted by atomic mass is 32.2. The average Bonchev–Trinajstić information content (AvgIpc) is 2.53. The number of hydrogen-bond acceptors (Lipinski definition) is 5. The van der Waals surface area contributed by atoms with E-state index in [9.17, 15) is 4.79 Å². The fraction of sp³-hybridized carbons (Fsp3) is 0.667. The van der Waals surface area contributed by atoms with Crippen molar-refractivity contribution in [1.29, 1.82) is 0 Å². The van der Waals surface area contributed by atoms with Gasteiger partial charge < -0.3 is 5.32 Å². The molecule has 1 N–H and O–H groups in total. The van der Waals surface area contributed by atoms with Crippen molar-refractivity contribution in [2.24, 2.45) is 0 Å². The van der Waals surface area contributed by atoms with Gasteiger partial charge >= 0.3 is 0 Å². The topological polar surface area (TPSA) is 54.9 Å². The lowest BCUT2D eigenvalue weighted by Gasteiger charge is -2.22. The number of hydrogen-bond donors (Lipinski definition) is 1. The zero-order chi connectivity index (χ0) is 11.5. The first-order valence-corrected chi connectivity index (χ1v) is 6.39. The van der Waals surface area contributed by atoms with Gasteiger partial charge in [-0.2, -0.15) is 0 Å². The molecule has 15 heavy (non-hydrogen) atoms. The summed E-state index contributed by atoms with van der Waals surface area (Å²) in [6.45, 7) is 7.76. The molecular formula is C9H15N3OS2. The molecular weight excluding hydrogens is 230 g/mol. The van der Waals surface area contributed by atoms with Crippen LogP contribution in [0, 0.1) is 0 Å². The molecule has 0 bridgehead atoms. The lowest BCUT2D eigenvalue weighted by atomic mass is 10.1. The fourth-order valence-corrected chi connectivity index (χ4v) is 2.52. The van der Waals surface area contributed by atoms with Crippen molar-refractivity contribution in [2.75, 3.05) is 0 Å². The van der Waals surface area contributed by atoms with Crippen molar-refractivity contribution < 1.29 is 4.79 Å². The number of carbonyl (C=O) groups excluding carboxylic acids is 1. The first-order valence-electron chi connectivity index (χ1n) is 4.63. The molecule has 1 aromatic rings. The number of rotatable bonds is 3. The first kappa shape index (κ1) is 12.4. The van der Waals surface area contributed by atoms with Crippen LogP contribution in [0.3, 0.4) is 0 Å². The number of aromatic nitrogens is 2. The van der Waals surface area contributed by atoms with E-state index in [1.165, 1.54) is 23.1 Å². The summed E-state index contributed by atoms with van der Waals surface area (Å²) in [6, 6.07) is 0. The second-order valence-corrected chi connectivity index (χ2v) is 6.63. The fourth-order valence-electron chi connectivity index (χ4n) is 0.890. The Bertz CT molecular complexity index is 319. The quantitative estimate of drug-likeness (QED) is 0.827. The molecule has 0 saturated heterocycles. The standard InChI is InChI=1S/C9H15N3OS2/c1-6(7(13)11-9(2,3)4)15-8-12-10-5-14-8/h5-6H,1-4H3,(H,11,13)/t6-/m1/s1. The van der Waals surface area contributed by atoms with Crippen LogP contribution >= 0.6 is 23.1 Å².